The van der Waals surface area contributed by atoms with Crippen molar-refractivity contribution in [3.63, 3.8) is 0 Å². The summed E-state index contributed by atoms with van der Waals surface area (Å²) in [6, 6.07) is 55.4. The lowest BCUT2D eigenvalue weighted by atomic mass is 9.86. The van der Waals surface area contributed by atoms with Crippen LogP contribution in [0.4, 0.5) is 0 Å². The standard InChI is InChI=1S/C50H48Si/c1-49(2,3)39-27-23-35(24-28-39)45-21-13-15-37-31-43(33-47(37)45)51(41-17-9-7-10-18-41,42-19-11-8-12-20-42)44-32-38-16-14-22-46(48(38)34-44)36-25-29-40(30-26-36)50(4,5)6/h7-30,33-34H,31-32H2,1-6H3. The average molecular weight is 677 g/mol. The molecule has 0 nitrogen and oxygen atoms in total. The first-order chi connectivity index (χ1) is 24.5. The molecule has 0 atom stereocenters. The van der Waals surface area contributed by atoms with Crippen molar-refractivity contribution >= 4 is 30.6 Å². The van der Waals surface area contributed by atoms with Crippen LogP contribution >= 0.6 is 0 Å². The minimum atomic E-state index is -2.67. The number of rotatable bonds is 6. The highest BCUT2D eigenvalue weighted by Crippen LogP contribution is 2.44. The van der Waals surface area contributed by atoms with Crippen LogP contribution < -0.4 is 10.4 Å². The van der Waals surface area contributed by atoms with Crippen molar-refractivity contribution in [3.05, 3.63) is 189 Å². The van der Waals surface area contributed by atoms with Crippen molar-refractivity contribution in [1.29, 1.82) is 0 Å². The Morgan fingerprint density at radius 1 is 0.392 bits per heavy atom. The number of fused-ring (bicyclic) bond motifs is 2. The summed E-state index contributed by atoms with van der Waals surface area (Å²) in [6.45, 7) is 13.7. The predicted octanol–water partition coefficient (Wildman–Crippen LogP) is 11.5. The van der Waals surface area contributed by atoms with Gasteiger partial charge in [-0.25, -0.2) is 0 Å². The van der Waals surface area contributed by atoms with Crippen LogP contribution in [0.3, 0.4) is 0 Å². The predicted molar refractivity (Wildman–Crippen MR) is 222 cm³/mol. The molecular formula is C50H48Si. The van der Waals surface area contributed by atoms with Crippen molar-refractivity contribution in [3.8, 4) is 22.3 Å². The molecule has 0 aromatic heterocycles. The van der Waals surface area contributed by atoms with E-state index in [0.717, 1.165) is 12.8 Å². The third-order valence-corrected chi connectivity index (χ3v) is 16.3. The first-order valence-corrected chi connectivity index (χ1v) is 20.5. The van der Waals surface area contributed by atoms with E-state index in [9.17, 15) is 0 Å². The second kappa shape index (κ2) is 12.7. The van der Waals surface area contributed by atoms with Crippen LogP contribution in [-0.4, -0.2) is 8.07 Å². The Hall–Kier alpha value is -4.98. The summed E-state index contributed by atoms with van der Waals surface area (Å²) in [6.07, 6.45) is 7.14. The quantitative estimate of drug-likeness (QED) is 0.154. The van der Waals surface area contributed by atoms with Crippen LogP contribution in [0.5, 0.6) is 0 Å². The number of hydrogen-bond donors (Lipinski definition) is 0. The van der Waals surface area contributed by atoms with Crippen LogP contribution in [0, 0.1) is 0 Å². The van der Waals surface area contributed by atoms with E-state index in [-0.39, 0.29) is 10.8 Å². The van der Waals surface area contributed by atoms with E-state index in [1.165, 1.54) is 66.0 Å². The lowest BCUT2D eigenvalue weighted by Crippen LogP contribution is -2.62. The molecule has 0 spiro atoms. The summed E-state index contributed by atoms with van der Waals surface area (Å²) in [5.41, 5.74) is 13.9. The Morgan fingerprint density at radius 3 is 1.12 bits per heavy atom. The van der Waals surface area contributed by atoms with Crippen LogP contribution in [0.1, 0.15) is 74.9 Å². The molecule has 6 aromatic rings. The molecule has 252 valence electrons. The summed E-state index contributed by atoms with van der Waals surface area (Å²) in [4.78, 5) is 0. The molecule has 0 fully saturated rings. The van der Waals surface area contributed by atoms with Crippen LogP contribution in [0.25, 0.3) is 34.4 Å². The second-order valence-electron chi connectivity index (χ2n) is 16.6. The molecule has 0 unspecified atom stereocenters. The number of benzene rings is 6. The van der Waals surface area contributed by atoms with Crippen molar-refractivity contribution in [2.75, 3.05) is 0 Å². The second-order valence-corrected chi connectivity index (χ2v) is 20.5. The molecule has 0 bridgehead atoms. The van der Waals surface area contributed by atoms with E-state index in [2.05, 4.69) is 199 Å². The van der Waals surface area contributed by atoms with Gasteiger partial charge in [-0.2, -0.15) is 0 Å². The smallest absolute Gasteiger partial charge is 0.0626 e. The third-order valence-electron chi connectivity index (χ3n) is 11.3. The Kier molecular flexibility index (Phi) is 8.23. The number of allylic oxidation sites excluding steroid dienone is 2. The van der Waals surface area contributed by atoms with Gasteiger partial charge in [-0.05, 0) is 89.7 Å². The maximum Gasteiger partial charge on any atom is 0.172 e. The molecular weight excluding hydrogens is 629 g/mol. The molecule has 0 saturated heterocycles. The van der Waals surface area contributed by atoms with E-state index < -0.39 is 8.07 Å². The van der Waals surface area contributed by atoms with Gasteiger partial charge < -0.3 is 0 Å². The van der Waals surface area contributed by atoms with Gasteiger partial charge in [0.2, 0.25) is 0 Å². The highest BCUT2D eigenvalue weighted by atomic mass is 28.3. The summed E-state index contributed by atoms with van der Waals surface area (Å²) in [5, 5.41) is 6.07. The Labute approximate surface area is 306 Å². The molecule has 8 rings (SSSR count). The summed E-state index contributed by atoms with van der Waals surface area (Å²) < 4.78 is 0. The maximum atomic E-state index is 2.60. The zero-order valence-electron chi connectivity index (χ0n) is 30.9. The molecule has 0 radical (unpaired) electrons. The van der Waals surface area contributed by atoms with Gasteiger partial charge in [-0.3, -0.25) is 0 Å². The number of hydrogen-bond acceptors (Lipinski definition) is 0. The molecule has 2 aliphatic carbocycles. The monoisotopic (exact) mass is 676 g/mol. The van der Waals surface area contributed by atoms with Crippen LogP contribution in [-0.2, 0) is 23.7 Å². The van der Waals surface area contributed by atoms with Gasteiger partial charge >= 0.3 is 0 Å². The fraction of sp³-hybridized carbons (Fsp3) is 0.200. The normalized spacial score (nSPS) is 14.2. The van der Waals surface area contributed by atoms with Gasteiger partial charge in [-0.15, -0.1) is 0 Å². The zero-order chi connectivity index (χ0) is 35.4. The minimum Gasteiger partial charge on any atom is -0.0626 e. The van der Waals surface area contributed by atoms with Gasteiger partial charge in [0.25, 0.3) is 0 Å². The largest absolute Gasteiger partial charge is 0.172 e. The minimum absolute atomic E-state index is 0.128. The van der Waals surface area contributed by atoms with Crippen LogP contribution in [0.15, 0.2) is 156 Å². The van der Waals surface area contributed by atoms with E-state index in [1.807, 2.05) is 0 Å². The Bertz CT molecular complexity index is 2110. The molecule has 6 aromatic carbocycles. The molecule has 0 aliphatic heterocycles. The van der Waals surface area contributed by atoms with Crippen molar-refractivity contribution in [2.24, 2.45) is 0 Å². The maximum absolute atomic E-state index is 2.67. The van der Waals surface area contributed by atoms with Gasteiger partial charge in [0, 0.05) is 0 Å². The molecule has 51 heavy (non-hydrogen) atoms. The zero-order valence-corrected chi connectivity index (χ0v) is 31.9. The van der Waals surface area contributed by atoms with Gasteiger partial charge in [0.1, 0.15) is 0 Å². The highest BCUT2D eigenvalue weighted by Gasteiger charge is 2.47. The fourth-order valence-electron chi connectivity index (χ4n) is 8.51. The van der Waals surface area contributed by atoms with Crippen molar-refractivity contribution in [2.45, 2.75) is 65.2 Å². The Balaban J connectivity index is 1.31. The van der Waals surface area contributed by atoms with E-state index >= 15 is 0 Å². The molecule has 1 heteroatoms. The first-order valence-electron chi connectivity index (χ1n) is 18.5. The van der Waals surface area contributed by atoms with Crippen molar-refractivity contribution < 1.29 is 0 Å². The first kappa shape index (κ1) is 33.2. The average Bonchev–Trinajstić information content (AvgIpc) is 3.78. The van der Waals surface area contributed by atoms with E-state index in [4.69, 9.17) is 0 Å². The third kappa shape index (κ3) is 5.88. The van der Waals surface area contributed by atoms with E-state index in [1.54, 1.807) is 10.4 Å². The molecule has 0 N–H and O–H groups in total. The van der Waals surface area contributed by atoms with Gasteiger partial charge in [0.15, 0.2) is 8.07 Å². The van der Waals surface area contributed by atoms with Gasteiger partial charge in [-0.1, -0.05) is 210 Å². The van der Waals surface area contributed by atoms with Crippen molar-refractivity contribution in [1.82, 2.24) is 0 Å². The van der Waals surface area contributed by atoms with Gasteiger partial charge in [0.05, 0.1) is 0 Å². The molecule has 0 saturated carbocycles. The SMILES string of the molecule is CC(C)(C)c1ccc(-c2cccc3c2C=C([Si](C2=Cc4c(cccc4-c4ccc(C(C)(C)C)cc4)C2)(c2ccccc2)c2ccccc2)C3)cc1. The van der Waals surface area contributed by atoms with Crippen LogP contribution in [0.2, 0.25) is 0 Å². The Morgan fingerprint density at radius 2 is 0.765 bits per heavy atom. The summed E-state index contributed by atoms with van der Waals surface area (Å²) in [7, 11) is -2.67. The fourth-order valence-corrected chi connectivity index (χ4v) is 13.8. The van der Waals surface area contributed by atoms with E-state index in [0.29, 0.717) is 0 Å². The molecule has 2 aliphatic rings. The summed E-state index contributed by atoms with van der Waals surface area (Å²) >= 11 is 0. The molecule has 0 heterocycles. The lowest BCUT2D eigenvalue weighted by molar-refractivity contribution is 0.590. The molecule has 0 amide bonds. The topological polar surface area (TPSA) is 0 Å². The lowest BCUT2D eigenvalue weighted by Gasteiger charge is -2.36. The summed E-state index contributed by atoms with van der Waals surface area (Å²) in [5.74, 6) is 0. The highest BCUT2D eigenvalue weighted by molar-refractivity contribution is 7.13.